The number of ether oxygens (including phenoxy) is 2. The molecule has 1 aliphatic rings. The Kier molecular flexibility index (Phi) is 2.49. The molecule has 0 saturated carbocycles. The first-order chi connectivity index (χ1) is 7.24. The van der Waals surface area contributed by atoms with Crippen LogP contribution in [-0.4, -0.2) is 26.2 Å². The number of carbonyl (C=O) groups is 1. The number of anilines is 1. The lowest BCUT2D eigenvalue weighted by Crippen LogP contribution is -2.27. The molecule has 4 heteroatoms. The lowest BCUT2D eigenvalue weighted by atomic mass is 10.1. The van der Waals surface area contributed by atoms with E-state index in [2.05, 4.69) is 10.1 Å². The molecule has 1 unspecified atom stereocenters. The Morgan fingerprint density at radius 3 is 2.93 bits per heavy atom. The van der Waals surface area contributed by atoms with Crippen LogP contribution >= 0.6 is 0 Å². The lowest BCUT2D eigenvalue weighted by molar-refractivity contribution is -0.141. The zero-order valence-corrected chi connectivity index (χ0v) is 8.74. The number of nitrogens with one attached hydrogen (secondary N) is 1. The third-order valence-electron chi connectivity index (χ3n) is 2.56. The van der Waals surface area contributed by atoms with Gasteiger partial charge in [0.2, 0.25) is 0 Å². The van der Waals surface area contributed by atoms with Gasteiger partial charge in [-0.25, -0.2) is 4.79 Å². The molecule has 1 atom stereocenters. The van der Waals surface area contributed by atoms with E-state index in [9.17, 15) is 4.79 Å². The van der Waals surface area contributed by atoms with Crippen molar-refractivity contribution in [3.63, 3.8) is 0 Å². The molecule has 4 nitrogen and oxygen atoms in total. The molecule has 0 bridgehead atoms. The average Bonchev–Trinajstić information content (AvgIpc) is 2.70. The van der Waals surface area contributed by atoms with E-state index < -0.39 is 0 Å². The third-order valence-corrected chi connectivity index (χ3v) is 2.56. The molecule has 2 rings (SSSR count). The van der Waals surface area contributed by atoms with Gasteiger partial charge in [-0.3, -0.25) is 0 Å². The van der Waals surface area contributed by atoms with E-state index in [-0.39, 0.29) is 12.0 Å². The molecule has 0 radical (unpaired) electrons. The van der Waals surface area contributed by atoms with E-state index in [1.807, 2.05) is 18.2 Å². The van der Waals surface area contributed by atoms with E-state index in [0.29, 0.717) is 6.42 Å². The second kappa shape index (κ2) is 3.81. The van der Waals surface area contributed by atoms with Gasteiger partial charge in [-0.1, -0.05) is 6.07 Å². The van der Waals surface area contributed by atoms with Crippen LogP contribution in [-0.2, 0) is 16.0 Å². The molecule has 1 aliphatic heterocycles. The van der Waals surface area contributed by atoms with E-state index in [1.165, 1.54) is 7.11 Å². The van der Waals surface area contributed by atoms with Crippen LogP contribution in [0.5, 0.6) is 5.75 Å². The van der Waals surface area contributed by atoms with Crippen LogP contribution in [0.3, 0.4) is 0 Å². The first kappa shape index (κ1) is 9.83. The highest BCUT2D eigenvalue weighted by Crippen LogP contribution is 2.29. The largest absolute Gasteiger partial charge is 0.497 e. The van der Waals surface area contributed by atoms with Gasteiger partial charge in [-0.15, -0.1) is 0 Å². The highest BCUT2D eigenvalue weighted by atomic mass is 16.5. The van der Waals surface area contributed by atoms with Crippen LogP contribution in [0, 0.1) is 0 Å². The second-order valence-corrected chi connectivity index (χ2v) is 3.45. The summed E-state index contributed by atoms with van der Waals surface area (Å²) in [6, 6.07) is 5.47. The molecule has 80 valence electrons. The predicted molar refractivity (Wildman–Crippen MR) is 56.1 cm³/mol. The van der Waals surface area contributed by atoms with Gasteiger partial charge in [0.25, 0.3) is 0 Å². The maximum atomic E-state index is 11.3. The van der Waals surface area contributed by atoms with Gasteiger partial charge >= 0.3 is 5.97 Å². The van der Waals surface area contributed by atoms with Crippen LogP contribution in [0.25, 0.3) is 0 Å². The minimum atomic E-state index is -0.267. The van der Waals surface area contributed by atoms with Gasteiger partial charge in [0, 0.05) is 18.2 Å². The SMILES string of the molecule is COC(=O)C1Cc2ccc(OC)cc2N1. The number of benzene rings is 1. The van der Waals surface area contributed by atoms with Gasteiger partial charge < -0.3 is 14.8 Å². The zero-order chi connectivity index (χ0) is 10.8. The topological polar surface area (TPSA) is 47.6 Å². The number of hydrogen-bond acceptors (Lipinski definition) is 4. The van der Waals surface area contributed by atoms with E-state index in [1.54, 1.807) is 7.11 Å². The van der Waals surface area contributed by atoms with Gasteiger partial charge in [0.1, 0.15) is 11.8 Å². The van der Waals surface area contributed by atoms with Crippen molar-refractivity contribution in [3.05, 3.63) is 23.8 Å². The normalized spacial score (nSPS) is 17.9. The fraction of sp³-hybridized carbons (Fsp3) is 0.364. The van der Waals surface area contributed by atoms with Crippen molar-refractivity contribution in [2.75, 3.05) is 19.5 Å². The Hall–Kier alpha value is -1.71. The van der Waals surface area contributed by atoms with Gasteiger partial charge in [0.05, 0.1) is 14.2 Å². The maximum absolute atomic E-state index is 11.3. The van der Waals surface area contributed by atoms with Crippen molar-refractivity contribution in [1.82, 2.24) is 0 Å². The second-order valence-electron chi connectivity index (χ2n) is 3.45. The quantitative estimate of drug-likeness (QED) is 0.740. The number of methoxy groups -OCH3 is 2. The minimum absolute atomic E-state index is 0.231. The summed E-state index contributed by atoms with van der Waals surface area (Å²) < 4.78 is 9.79. The summed E-state index contributed by atoms with van der Waals surface area (Å²) in [7, 11) is 3.02. The Morgan fingerprint density at radius 2 is 2.27 bits per heavy atom. The molecule has 1 N–H and O–H groups in total. The standard InChI is InChI=1S/C11H13NO3/c1-14-8-4-3-7-5-10(11(13)15-2)12-9(7)6-8/h3-4,6,10,12H,5H2,1-2H3. The van der Waals surface area contributed by atoms with Gasteiger partial charge in [0.15, 0.2) is 0 Å². The molecule has 1 aromatic carbocycles. The van der Waals surface area contributed by atoms with Crippen LogP contribution in [0.4, 0.5) is 5.69 Å². The van der Waals surface area contributed by atoms with Crippen LogP contribution in [0.1, 0.15) is 5.56 Å². The van der Waals surface area contributed by atoms with Crippen LogP contribution in [0.15, 0.2) is 18.2 Å². The van der Waals surface area contributed by atoms with E-state index in [0.717, 1.165) is 17.0 Å². The fourth-order valence-electron chi connectivity index (χ4n) is 1.74. The predicted octanol–water partition coefficient (Wildman–Crippen LogP) is 1.20. The number of rotatable bonds is 2. The Balaban J connectivity index is 2.20. The molecule has 0 fully saturated rings. The summed E-state index contributed by atoms with van der Waals surface area (Å²) in [5.74, 6) is 0.553. The number of carbonyl (C=O) groups excluding carboxylic acids is 1. The molecule has 0 saturated heterocycles. The summed E-state index contributed by atoms with van der Waals surface area (Å²) in [4.78, 5) is 11.3. The van der Waals surface area contributed by atoms with Crippen LogP contribution < -0.4 is 10.1 Å². The highest BCUT2D eigenvalue weighted by Gasteiger charge is 2.27. The molecule has 0 aromatic heterocycles. The molecule has 1 heterocycles. The summed E-state index contributed by atoms with van der Waals surface area (Å²) in [5, 5.41) is 3.11. The monoisotopic (exact) mass is 207 g/mol. The average molecular weight is 207 g/mol. The fourth-order valence-corrected chi connectivity index (χ4v) is 1.74. The Morgan fingerprint density at radius 1 is 1.47 bits per heavy atom. The number of esters is 1. The van der Waals surface area contributed by atoms with Crippen molar-refractivity contribution < 1.29 is 14.3 Å². The number of fused-ring (bicyclic) bond motifs is 1. The Labute approximate surface area is 88.2 Å². The third kappa shape index (κ3) is 1.75. The Bertz CT molecular complexity index is 389. The van der Waals surface area contributed by atoms with Crippen molar-refractivity contribution in [2.24, 2.45) is 0 Å². The summed E-state index contributed by atoms with van der Waals surface area (Å²) >= 11 is 0. The summed E-state index contributed by atoms with van der Waals surface area (Å²) in [6.45, 7) is 0. The minimum Gasteiger partial charge on any atom is -0.497 e. The van der Waals surface area contributed by atoms with Crippen molar-refractivity contribution in [2.45, 2.75) is 12.5 Å². The van der Waals surface area contributed by atoms with Gasteiger partial charge in [-0.2, -0.15) is 0 Å². The molecule has 1 aromatic rings. The molecular formula is C11H13NO3. The van der Waals surface area contributed by atoms with E-state index >= 15 is 0 Å². The lowest BCUT2D eigenvalue weighted by Gasteiger charge is -2.07. The molecular weight excluding hydrogens is 194 g/mol. The first-order valence-electron chi connectivity index (χ1n) is 4.76. The van der Waals surface area contributed by atoms with Crippen molar-refractivity contribution in [3.8, 4) is 5.75 Å². The molecule has 0 spiro atoms. The maximum Gasteiger partial charge on any atom is 0.328 e. The highest BCUT2D eigenvalue weighted by molar-refractivity contribution is 5.83. The van der Waals surface area contributed by atoms with Crippen molar-refractivity contribution >= 4 is 11.7 Å². The zero-order valence-electron chi connectivity index (χ0n) is 8.74. The molecule has 0 amide bonds. The van der Waals surface area contributed by atoms with Gasteiger partial charge in [-0.05, 0) is 11.6 Å². The van der Waals surface area contributed by atoms with Crippen molar-refractivity contribution in [1.29, 1.82) is 0 Å². The summed E-state index contributed by atoms with van der Waals surface area (Å²) in [5.41, 5.74) is 2.07. The number of hydrogen-bond donors (Lipinski definition) is 1. The smallest absolute Gasteiger partial charge is 0.328 e. The molecule has 15 heavy (non-hydrogen) atoms. The summed E-state index contributed by atoms with van der Waals surface area (Å²) in [6.07, 6.45) is 0.673. The van der Waals surface area contributed by atoms with E-state index in [4.69, 9.17) is 4.74 Å². The van der Waals surface area contributed by atoms with Crippen LogP contribution in [0.2, 0.25) is 0 Å². The molecule has 0 aliphatic carbocycles. The first-order valence-corrected chi connectivity index (χ1v) is 4.76.